The number of aryl methyl sites for hydroxylation is 1. The number of rotatable bonds is 0. The normalized spacial score (nSPS) is 10.8. The van der Waals surface area contributed by atoms with Crippen molar-refractivity contribution in [1.29, 1.82) is 0 Å². The van der Waals surface area contributed by atoms with Crippen LogP contribution in [0.1, 0.15) is 5.56 Å². The number of nitrogen functional groups attached to an aromatic ring is 1. The second kappa shape index (κ2) is 2.45. The van der Waals surface area contributed by atoms with E-state index in [0.29, 0.717) is 5.95 Å². The van der Waals surface area contributed by atoms with Crippen LogP contribution in [0.2, 0.25) is 0 Å². The molecule has 62 valence electrons. The zero-order valence-corrected chi connectivity index (χ0v) is 8.04. The molecule has 5 heteroatoms. The third kappa shape index (κ3) is 1.06. The molecule has 0 aliphatic rings. The number of nitrogens with zero attached hydrogens (tertiary/aromatic N) is 3. The number of pyridine rings is 1. The molecular weight excluding hydrogens is 220 g/mol. The van der Waals surface area contributed by atoms with Gasteiger partial charge in [0.05, 0.1) is 0 Å². The highest BCUT2D eigenvalue weighted by Crippen LogP contribution is 2.15. The fraction of sp³-hybridized carbons (Fsp3) is 0.143. The average Bonchev–Trinajstić information content (AvgIpc) is 2.29. The number of nitrogens with two attached hydrogens (primary N) is 1. The van der Waals surface area contributed by atoms with Crippen molar-refractivity contribution in [1.82, 2.24) is 14.6 Å². The highest BCUT2D eigenvalue weighted by atomic mass is 79.9. The Morgan fingerprint density at radius 1 is 1.58 bits per heavy atom. The Morgan fingerprint density at radius 3 is 3.08 bits per heavy atom. The van der Waals surface area contributed by atoms with Crippen LogP contribution in [0.5, 0.6) is 0 Å². The van der Waals surface area contributed by atoms with E-state index >= 15 is 0 Å². The van der Waals surface area contributed by atoms with Crippen LogP contribution in [-0.4, -0.2) is 14.6 Å². The predicted molar refractivity (Wildman–Crippen MR) is 49.8 cm³/mol. The molecule has 2 N–H and O–H groups in total. The molecule has 0 fully saturated rings. The van der Waals surface area contributed by atoms with Crippen molar-refractivity contribution in [3.8, 4) is 0 Å². The van der Waals surface area contributed by atoms with Crippen LogP contribution in [0.25, 0.3) is 5.65 Å². The zero-order chi connectivity index (χ0) is 8.72. The van der Waals surface area contributed by atoms with Crippen LogP contribution in [0.3, 0.4) is 0 Å². The summed E-state index contributed by atoms with van der Waals surface area (Å²) in [6, 6.07) is 1.98. The van der Waals surface area contributed by atoms with E-state index in [0.717, 1.165) is 15.7 Å². The molecule has 0 radical (unpaired) electrons. The first-order valence-corrected chi connectivity index (χ1v) is 4.24. The Hall–Kier alpha value is -1.10. The van der Waals surface area contributed by atoms with Crippen LogP contribution in [0.4, 0.5) is 5.95 Å². The van der Waals surface area contributed by atoms with Crippen LogP contribution in [0, 0.1) is 6.92 Å². The minimum atomic E-state index is 0.302. The summed E-state index contributed by atoms with van der Waals surface area (Å²) in [4.78, 5) is 4.06. The molecule has 0 aliphatic heterocycles. The quantitative estimate of drug-likeness (QED) is 0.739. The Labute approximate surface area is 77.5 Å². The van der Waals surface area contributed by atoms with Crippen molar-refractivity contribution in [2.75, 3.05) is 5.73 Å². The van der Waals surface area contributed by atoms with E-state index in [9.17, 15) is 0 Å². The van der Waals surface area contributed by atoms with Crippen molar-refractivity contribution < 1.29 is 0 Å². The van der Waals surface area contributed by atoms with Gasteiger partial charge in [0.25, 0.3) is 0 Å². The van der Waals surface area contributed by atoms with E-state index in [1.165, 1.54) is 0 Å². The average molecular weight is 227 g/mol. The van der Waals surface area contributed by atoms with Gasteiger partial charge in [-0.1, -0.05) is 0 Å². The molecule has 0 atom stereocenters. The second-order valence-electron chi connectivity index (χ2n) is 2.58. The minimum absolute atomic E-state index is 0.302. The molecule has 0 saturated heterocycles. The second-order valence-corrected chi connectivity index (χ2v) is 3.50. The first kappa shape index (κ1) is 7.54. The Balaban J connectivity index is 2.88. The van der Waals surface area contributed by atoms with Gasteiger partial charge in [0, 0.05) is 10.7 Å². The summed E-state index contributed by atoms with van der Waals surface area (Å²) in [6.07, 6.45) is 1.83. The van der Waals surface area contributed by atoms with E-state index in [4.69, 9.17) is 5.73 Å². The molecule has 0 saturated carbocycles. The van der Waals surface area contributed by atoms with Gasteiger partial charge in [-0.15, -0.1) is 5.10 Å². The van der Waals surface area contributed by atoms with Crippen LogP contribution >= 0.6 is 15.9 Å². The van der Waals surface area contributed by atoms with Gasteiger partial charge in [0.2, 0.25) is 5.95 Å². The van der Waals surface area contributed by atoms with Crippen molar-refractivity contribution in [2.45, 2.75) is 6.92 Å². The molecule has 0 spiro atoms. The van der Waals surface area contributed by atoms with Gasteiger partial charge in [-0.05, 0) is 34.5 Å². The summed E-state index contributed by atoms with van der Waals surface area (Å²) in [5.41, 5.74) is 7.30. The molecule has 2 rings (SSSR count). The molecule has 0 unspecified atom stereocenters. The van der Waals surface area contributed by atoms with E-state index in [-0.39, 0.29) is 0 Å². The lowest BCUT2D eigenvalue weighted by Gasteiger charge is -1.95. The van der Waals surface area contributed by atoms with Gasteiger partial charge in [-0.25, -0.2) is 4.52 Å². The van der Waals surface area contributed by atoms with Gasteiger partial charge in [0.15, 0.2) is 5.65 Å². The maximum atomic E-state index is 5.45. The molecule has 2 aromatic heterocycles. The van der Waals surface area contributed by atoms with Gasteiger partial charge >= 0.3 is 0 Å². The number of hydrogen-bond donors (Lipinski definition) is 1. The SMILES string of the molecule is Cc1cc(Br)cn2nc(N)nc12. The summed E-state index contributed by atoms with van der Waals surface area (Å²) in [5, 5.41) is 3.99. The van der Waals surface area contributed by atoms with E-state index < -0.39 is 0 Å². The van der Waals surface area contributed by atoms with Crippen molar-refractivity contribution in [3.05, 3.63) is 22.3 Å². The standard InChI is InChI=1S/C7H7BrN4/c1-4-2-5(8)3-12-6(4)10-7(9)11-12/h2-3H,1H3,(H2,9,11). The number of fused-ring (bicyclic) bond motifs is 1. The van der Waals surface area contributed by atoms with Crippen molar-refractivity contribution >= 4 is 27.5 Å². The summed E-state index contributed by atoms with van der Waals surface area (Å²) in [5.74, 6) is 0.302. The minimum Gasteiger partial charge on any atom is -0.366 e. The van der Waals surface area contributed by atoms with Crippen molar-refractivity contribution in [2.24, 2.45) is 0 Å². The van der Waals surface area contributed by atoms with Crippen LogP contribution in [-0.2, 0) is 0 Å². The van der Waals surface area contributed by atoms with Gasteiger partial charge in [0.1, 0.15) is 0 Å². The van der Waals surface area contributed by atoms with Gasteiger partial charge in [-0.2, -0.15) is 4.98 Å². The Morgan fingerprint density at radius 2 is 2.33 bits per heavy atom. The number of halogens is 1. The Bertz CT molecular complexity index is 434. The lowest BCUT2D eigenvalue weighted by Crippen LogP contribution is -1.90. The number of aromatic nitrogens is 3. The summed E-state index contributed by atoms with van der Waals surface area (Å²) in [6.45, 7) is 1.97. The third-order valence-electron chi connectivity index (χ3n) is 1.60. The smallest absolute Gasteiger partial charge is 0.240 e. The largest absolute Gasteiger partial charge is 0.366 e. The van der Waals surface area contributed by atoms with E-state index in [1.54, 1.807) is 4.52 Å². The molecule has 2 heterocycles. The molecule has 2 aromatic rings. The molecule has 0 aromatic carbocycles. The van der Waals surface area contributed by atoms with Crippen molar-refractivity contribution in [3.63, 3.8) is 0 Å². The number of hydrogen-bond acceptors (Lipinski definition) is 3. The summed E-state index contributed by atoms with van der Waals surface area (Å²) < 4.78 is 2.63. The lowest BCUT2D eigenvalue weighted by molar-refractivity contribution is 0.957. The lowest BCUT2D eigenvalue weighted by atomic mass is 10.3. The highest BCUT2D eigenvalue weighted by molar-refractivity contribution is 9.10. The topological polar surface area (TPSA) is 56.2 Å². The van der Waals surface area contributed by atoms with E-state index in [1.807, 2.05) is 19.2 Å². The van der Waals surface area contributed by atoms with Crippen LogP contribution < -0.4 is 5.73 Å². The third-order valence-corrected chi connectivity index (χ3v) is 2.03. The maximum absolute atomic E-state index is 5.45. The molecule has 4 nitrogen and oxygen atoms in total. The van der Waals surface area contributed by atoms with Gasteiger partial charge in [-0.3, -0.25) is 0 Å². The summed E-state index contributed by atoms with van der Waals surface area (Å²) >= 11 is 3.36. The van der Waals surface area contributed by atoms with Crippen LogP contribution in [0.15, 0.2) is 16.7 Å². The first-order valence-electron chi connectivity index (χ1n) is 3.45. The molecule has 12 heavy (non-hydrogen) atoms. The van der Waals surface area contributed by atoms with E-state index in [2.05, 4.69) is 26.0 Å². The summed E-state index contributed by atoms with van der Waals surface area (Å²) in [7, 11) is 0. The highest BCUT2D eigenvalue weighted by Gasteiger charge is 2.03. The number of anilines is 1. The molecule has 0 aliphatic carbocycles. The fourth-order valence-electron chi connectivity index (χ4n) is 1.12. The first-order chi connectivity index (χ1) is 5.66. The fourth-order valence-corrected chi connectivity index (χ4v) is 1.66. The Kier molecular flexibility index (Phi) is 1.54. The predicted octanol–water partition coefficient (Wildman–Crippen LogP) is 1.38. The molecular formula is C7H7BrN4. The zero-order valence-electron chi connectivity index (χ0n) is 6.45. The van der Waals surface area contributed by atoms with Gasteiger partial charge < -0.3 is 5.73 Å². The molecule has 0 bridgehead atoms. The molecule has 0 amide bonds. The monoisotopic (exact) mass is 226 g/mol. The maximum Gasteiger partial charge on any atom is 0.240 e.